The van der Waals surface area contributed by atoms with Crippen LogP contribution in [0.25, 0.3) is 165 Å². The van der Waals surface area contributed by atoms with Gasteiger partial charge in [0.15, 0.2) is 0 Å². The molecule has 0 saturated heterocycles. The lowest BCUT2D eigenvalue weighted by Gasteiger charge is -2.22. The fourth-order valence-corrected chi connectivity index (χ4v) is 16.2. The van der Waals surface area contributed by atoms with Crippen molar-refractivity contribution in [2.45, 2.75) is 139 Å². The number of aryl methyl sites for hydroxylation is 2. The van der Waals surface area contributed by atoms with E-state index in [1.54, 1.807) is 0 Å². The minimum atomic E-state index is 0.0432. The Morgan fingerprint density at radius 3 is 1.07 bits per heavy atom. The lowest BCUT2D eigenvalue weighted by Crippen LogP contribution is -2.13. The normalized spacial score (nSPS) is 11.6. The second-order valence-electron chi connectivity index (χ2n) is 34.0. The van der Waals surface area contributed by atoms with Crippen LogP contribution >= 0.6 is 0 Å². The number of hydrogen-bond donors (Lipinski definition) is 0. The molecule has 0 atom stereocenters. The topological polar surface area (TPSA) is 129 Å². The molecule has 0 saturated carbocycles. The summed E-state index contributed by atoms with van der Waals surface area (Å²) in [6.45, 7) is 32.5. The van der Waals surface area contributed by atoms with Crippen LogP contribution in [0, 0.1) is 13.8 Å². The van der Waals surface area contributed by atoms with Gasteiger partial charge in [0, 0.05) is 72.0 Å². The van der Waals surface area contributed by atoms with Gasteiger partial charge >= 0.3 is 0 Å². The van der Waals surface area contributed by atoms with Gasteiger partial charge in [0.05, 0.1) is 89.7 Å². The number of fused-ring (bicyclic) bond motifs is 17. The van der Waals surface area contributed by atoms with E-state index < -0.39 is 0 Å². The maximum absolute atomic E-state index is 5.18. The zero-order chi connectivity index (χ0) is 84.2. The van der Waals surface area contributed by atoms with Crippen LogP contribution in [0.3, 0.4) is 0 Å². The molecule has 15 aromatic carbocycles. The van der Waals surface area contributed by atoms with Gasteiger partial charge in [0.1, 0.15) is 11.6 Å². The predicted molar refractivity (Wildman–Crippen MR) is 511 cm³/mol. The lowest BCUT2D eigenvalue weighted by molar-refractivity contribution is 0.594. The SMILES string of the molecule is CC(C)c1nc(-c2ccccc2)c2c3ccccc3c3ccccc3c2n1.CC(C)c1nc2c3ccccc3c3ccccc3c2nc1-c1ccccc1.CC(C)c1nc2cccc(C(C)(C)C)c2nc1-c1ccccc1.Cc1ccc2c(ccc3nc(-c4ccccc4)c(C(C)C)nc32)c1.Cc1cccc2c(-c3ccccc3)nc(C(C)C)nc12. The first-order valence-electron chi connectivity index (χ1n) is 42.4. The third kappa shape index (κ3) is 16.8. The summed E-state index contributed by atoms with van der Waals surface area (Å²) in [6, 6.07) is 109. The zero-order valence-corrected chi connectivity index (χ0v) is 71.9. The van der Waals surface area contributed by atoms with Gasteiger partial charge in [-0.15, -0.1) is 0 Å². The standard InChI is InChI=1S/2C25H20N2.C22H20N2.C21H24N2.C18H18N2/c1-16(2)25-26-23(17-10-4-3-5-11-17)22-20-14-8-6-12-18(20)19-13-7-9-15-21(19)24(22)27-25;1-16(2)22-23(17-10-4-3-5-11-17)27-25-21-15-9-7-13-19(21)18-12-6-8-14-20(18)24(25)26-22;1-14(2)20-21(16-7-5-4-6-8-16)23-19-12-10-17-13-15(3)9-11-18(17)22(19)24-20;1-14(2)18-19(15-10-7-6-8-11-15)23-20-16(21(3,4)5)12-9-13-17(20)22-18;1-12(2)18-19-16-13(3)8-7-11-15(16)17(20-18)14-9-5-4-6-10-14/h2*3-16H,1-2H3;4-14H,1-3H3;6-14H,1-5H3;4-12H,1-3H3. The molecule has 0 bridgehead atoms. The molecule has 0 radical (unpaired) electrons. The quantitative estimate of drug-likeness (QED) is 0.122. The summed E-state index contributed by atoms with van der Waals surface area (Å²) in [6.07, 6.45) is 0. The van der Waals surface area contributed by atoms with Crippen LogP contribution < -0.4 is 0 Å². The van der Waals surface area contributed by atoms with Gasteiger partial charge in [0.25, 0.3) is 0 Å². The molecule has 121 heavy (non-hydrogen) atoms. The first kappa shape index (κ1) is 81.1. The minimum Gasteiger partial charge on any atom is -0.249 e. The van der Waals surface area contributed by atoms with Crippen molar-refractivity contribution in [3.63, 3.8) is 0 Å². The van der Waals surface area contributed by atoms with Gasteiger partial charge in [-0.1, -0.05) is 399 Å². The first-order valence-corrected chi connectivity index (χ1v) is 42.4. The minimum absolute atomic E-state index is 0.0432. The summed E-state index contributed by atoms with van der Waals surface area (Å²) < 4.78 is 0. The van der Waals surface area contributed by atoms with Crippen molar-refractivity contribution in [1.29, 1.82) is 0 Å². The Morgan fingerprint density at radius 2 is 0.587 bits per heavy atom. The largest absolute Gasteiger partial charge is 0.249 e. The second-order valence-corrected chi connectivity index (χ2v) is 34.0. The van der Waals surface area contributed by atoms with Crippen molar-refractivity contribution in [2.75, 3.05) is 0 Å². The Hall–Kier alpha value is -13.7. The van der Waals surface area contributed by atoms with E-state index in [0.717, 1.165) is 145 Å². The van der Waals surface area contributed by atoms with Crippen molar-refractivity contribution in [1.82, 2.24) is 49.8 Å². The second kappa shape index (κ2) is 35.1. The maximum atomic E-state index is 5.18. The Bertz CT molecular complexity index is 7170. The number of benzene rings is 15. The fourth-order valence-electron chi connectivity index (χ4n) is 16.2. The highest BCUT2D eigenvalue weighted by atomic mass is 14.9. The molecule has 0 amide bonds. The highest BCUT2D eigenvalue weighted by Gasteiger charge is 2.25. The molecule has 10 nitrogen and oxygen atoms in total. The molecule has 10 heteroatoms. The van der Waals surface area contributed by atoms with Crippen molar-refractivity contribution in [3.8, 4) is 56.3 Å². The molecule has 0 unspecified atom stereocenters. The Morgan fingerprint density at radius 1 is 0.223 bits per heavy atom. The Labute approximate surface area is 710 Å². The first-order chi connectivity index (χ1) is 58.6. The fraction of sp³-hybridized carbons (Fsp3) is 0.189. The molecule has 596 valence electrons. The van der Waals surface area contributed by atoms with Crippen molar-refractivity contribution in [3.05, 3.63) is 361 Å². The molecule has 0 fully saturated rings. The third-order valence-electron chi connectivity index (χ3n) is 22.4. The van der Waals surface area contributed by atoms with Crippen LogP contribution in [-0.4, -0.2) is 49.8 Å². The van der Waals surface area contributed by atoms with E-state index in [0.29, 0.717) is 23.7 Å². The summed E-state index contributed by atoms with van der Waals surface area (Å²) in [5.41, 5.74) is 25.6. The number of hydrogen-bond acceptors (Lipinski definition) is 10. The van der Waals surface area contributed by atoms with Gasteiger partial charge in [-0.3, -0.25) is 0 Å². The smallest absolute Gasteiger partial charge is 0.132 e. The summed E-state index contributed by atoms with van der Waals surface area (Å²) in [7, 11) is 0. The van der Waals surface area contributed by atoms with Gasteiger partial charge in [0.2, 0.25) is 0 Å². The van der Waals surface area contributed by atoms with Crippen LogP contribution in [0.5, 0.6) is 0 Å². The third-order valence-corrected chi connectivity index (χ3v) is 22.4. The molecular weight excluding hydrogens is 1470 g/mol. The van der Waals surface area contributed by atoms with E-state index in [9.17, 15) is 0 Å². The number of para-hydroxylation sites is 2. The van der Waals surface area contributed by atoms with E-state index in [1.807, 2.05) is 42.5 Å². The van der Waals surface area contributed by atoms with E-state index in [-0.39, 0.29) is 11.3 Å². The number of aromatic nitrogens is 10. The van der Waals surface area contributed by atoms with Crippen LogP contribution in [0.2, 0.25) is 0 Å². The van der Waals surface area contributed by atoms with Gasteiger partial charge in [-0.2, -0.15) is 0 Å². The molecule has 20 aromatic rings. The summed E-state index contributed by atoms with van der Waals surface area (Å²) in [4.78, 5) is 50.0. The summed E-state index contributed by atoms with van der Waals surface area (Å²) in [5.74, 6) is 3.33. The van der Waals surface area contributed by atoms with E-state index >= 15 is 0 Å². The predicted octanol–water partition coefficient (Wildman–Crippen LogP) is 29.8. The van der Waals surface area contributed by atoms with E-state index in [4.69, 9.17) is 49.8 Å². The molecular formula is C111H102N10. The van der Waals surface area contributed by atoms with Crippen LogP contribution in [0.15, 0.2) is 315 Å². The molecule has 0 aliphatic carbocycles. The van der Waals surface area contributed by atoms with Crippen molar-refractivity contribution >= 4 is 109 Å². The zero-order valence-electron chi connectivity index (χ0n) is 71.9. The highest BCUT2D eigenvalue weighted by molar-refractivity contribution is 6.27. The van der Waals surface area contributed by atoms with Gasteiger partial charge in [-0.05, 0) is 92.6 Å². The number of nitrogens with zero attached hydrogens (tertiary/aromatic N) is 10. The molecule has 0 aliphatic rings. The number of rotatable bonds is 10. The molecule has 5 aromatic heterocycles. The molecule has 20 rings (SSSR count). The van der Waals surface area contributed by atoms with Crippen LogP contribution in [0.1, 0.15) is 165 Å². The molecule has 0 spiro atoms. The monoisotopic (exact) mass is 1570 g/mol. The summed E-state index contributed by atoms with van der Waals surface area (Å²) >= 11 is 0. The summed E-state index contributed by atoms with van der Waals surface area (Å²) in [5, 5.41) is 14.3. The van der Waals surface area contributed by atoms with E-state index in [2.05, 4.69) is 377 Å². The van der Waals surface area contributed by atoms with Gasteiger partial charge < -0.3 is 0 Å². The van der Waals surface area contributed by atoms with Crippen LogP contribution in [0.4, 0.5) is 0 Å². The molecule has 0 aliphatic heterocycles. The van der Waals surface area contributed by atoms with E-state index in [1.165, 1.54) is 65.2 Å². The van der Waals surface area contributed by atoms with Crippen molar-refractivity contribution < 1.29 is 0 Å². The average Bonchev–Trinajstić information content (AvgIpc) is 0.728. The van der Waals surface area contributed by atoms with Crippen LogP contribution in [-0.2, 0) is 5.41 Å². The Balaban J connectivity index is 0.000000113. The molecule has 5 heterocycles. The Kier molecular flexibility index (Phi) is 23.5. The highest BCUT2D eigenvalue weighted by Crippen LogP contribution is 2.42. The maximum Gasteiger partial charge on any atom is 0.132 e. The lowest BCUT2D eigenvalue weighted by atomic mass is 9.86. The van der Waals surface area contributed by atoms with Gasteiger partial charge in [-0.25, -0.2) is 49.8 Å². The molecule has 0 N–H and O–H groups in total. The van der Waals surface area contributed by atoms with Crippen molar-refractivity contribution in [2.24, 2.45) is 0 Å². The average molecular weight is 1580 g/mol.